The van der Waals surface area contributed by atoms with Crippen LogP contribution >= 0.6 is 11.8 Å². The number of hydrogen-bond acceptors (Lipinski definition) is 5. The van der Waals surface area contributed by atoms with Gasteiger partial charge in [-0.25, -0.2) is 0 Å². The van der Waals surface area contributed by atoms with E-state index < -0.39 is 0 Å². The molecule has 7 heteroatoms. The highest BCUT2D eigenvalue weighted by molar-refractivity contribution is 7.99. The summed E-state index contributed by atoms with van der Waals surface area (Å²) < 4.78 is 1.93. The third-order valence-electron chi connectivity index (χ3n) is 3.87. The standard InChI is InChI=1S/C19H20N4O2S/c1-22(2)17(25)13-26-19-21-20-18(15-10-6-7-11-16(15)24)23(19)12-14-8-4-3-5-9-14/h3-11,24H,12-13H2,1-2H3. The average Bonchev–Trinajstić information content (AvgIpc) is 3.03. The molecule has 0 saturated carbocycles. The van der Waals surface area contributed by atoms with Crippen LogP contribution in [0.4, 0.5) is 0 Å². The van der Waals surface area contributed by atoms with Crippen LogP contribution < -0.4 is 0 Å². The minimum Gasteiger partial charge on any atom is -0.507 e. The SMILES string of the molecule is CN(C)C(=O)CSc1nnc(-c2ccccc2O)n1Cc1ccccc1. The Morgan fingerprint density at radius 1 is 1.08 bits per heavy atom. The molecule has 0 unspecified atom stereocenters. The Kier molecular flexibility index (Phi) is 5.58. The van der Waals surface area contributed by atoms with Crippen LogP contribution in [0.2, 0.25) is 0 Å². The lowest BCUT2D eigenvalue weighted by Crippen LogP contribution is -2.23. The van der Waals surface area contributed by atoms with E-state index in [-0.39, 0.29) is 17.4 Å². The lowest BCUT2D eigenvalue weighted by Gasteiger charge is -2.12. The molecule has 1 heterocycles. The van der Waals surface area contributed by atoms with Gasteiger partial charge in [0.25, 0.3) is 0 Å². The molecule has 0 aliphatic carbocycles. The fourth-order valence-electron chi connectivity index (χ4n) is 2.42. The topological polar surface area (TPSA) is 71.2 Å². The molecule has 1 amide bonds. The molecule has 2 aromatic carbocycles. The van der Waals surface area contributed by atoms with Gasteiger partial charge in [-0.15, -0.1) is 10.2 Å². The number of nitrogens with zero attached hydrogens (tertiary/aromatic N) is 4. The number of aromatic nitrogens is 3. The molecule has 0 aliphatic rings. The number of benzene rings is 2. The first-order valence-electron chi connectivity index (χ1n) is 8.14. The molecule has 134 valence electrons. The van der Waals surface area contributed by atoms with Gasteiger partial charge >= 0.3 is 0 Å². The number of thioether (sulfide) groups is 1. The maximum Gasteiger partial charge on any atom is 0.232 e. The van der Waals surface area contributed by atoms with Crippen LogP contribution in [-0.2, 0) is 11.3 Å². The molecule has 0 saturated heterocycles. The van der Waals surface area contributed by atoms with Crippen molar-refractivity contribution in [2.24, 2.45) is 0 Å². The summed E-state index contributed by atoms with van der Waals surface area (Å²) in [7, 11) is 3.45. The molecular formula is C19H20N4O2S. The van der Waals surface area contributed by atoms with Crippen molar-refractivity contribution in [3.05, 3.63) is 60.2 Å². The molecule has 1 N–H and O–H groups in total. The third-order valence-corrected chi connectivity index (χ3v) is 4.82. The van der Waals surface area contributed by atoms with E-state index in [1.165, 1.54) is 11.8 Å². The van der Waals surface area contributed by atoms with Crippen molar-refractivity contribution in [1.29, 1.82) is 0 Å². The molecule has 6 nitrogen and oxygen atoms in total. The van der Waals surface area contributed by atoms with E-state index in [2.05, 4.69) is 10.2 Å². The van der Waals surface area contributed by atoms with Gasteiger partial charge in [-0.2, -0.15) is 0 Å². The van der Waals surface area contributed by atoms with Gasteiger partial charge in [-0.05, 0) is 17.7 Å². The zero-order valence-corrected chi connectivity index (χ0v) is 15.5. The highest BCUT2D eigenvalue weighted by Crippen LogP contribution is 2.30. The van der Waals surface area contributed by atoms with E-state index in [0.29, 0.717) is 23.1 Å². The summed E-state index contributed by atoms with van der Waals surface area (Å²) in [6.45, 7) is 0.552. The number of phenolic OH excluding ortho intramolecular Hbond substituents is 1. The Labute approximate surface area is 156 Å². The van der Waals surface area contributed by atoms with Gasteiger partial charge in [-0.1, -0.05) is 54.2 Å². The first kappa shape index (κ1) is 18.0. The molecule has 26 heavy (non-hydrogen) atoms. The second kappa shape index (κ2) is 8.05. The summed E-state index contributed by atoms with van der Waals surface area (Å²) in [6, 6.07) is 17.0. The normalized spacial score (nSPS) is 10.7. The van der Waals surface area contributed by atoms with Crippen LogP contribution in [0.1, 0.15) is 5.56 Å². The van der Waals surface area contributed by atoms with Gasteiger partial charge in [0, 0.05) is 14.1 Å². The van der Waals surface area contributed by atoms with Crippen LogP contribution in [0.15, 0.2) is 59.8 Å². The minimum absolute atomic E-state index is 0.00775. The molecule has 1 aromatic heterocycles. The fraction of sp³-hybridized carbons (Fsp3) is 0.211. The monoisotopic (exact) mass is 368 g/mol. The molecule has 0 aliphatic heterocycles. The molecule has 3 aromatic rings. The van der Waals surface area contributed by atoms with Gasteiger partial charge in [0.2, 0.25) is 5.91 Å². The largest absolute Gasteiger partial charge is 0.507 e. The molecule has 3 rings (SSSR count). The Morgan fingerprint density at radius 3 is 2.46 bits per heavy atom. The summed E-state index contributed by atoms with van der Waals surface area (Å²) >= 11 is 1.34. The van der Waals surface area contributed by atoms with Gasteiger partial charge in [-0.3, -0.25) is 9.36 Å². The number of amides is 1. The lowest BCUT2D eigenvalue weighted by atomic mass is 10.1. The average molecular weight is 368 g/mol. The van der Waals surface area contributed by atoms with E-state index >= 15 is 0 Å². The summed E-state index contributed by atoms with van der Waals surface area (Å²) in [5, 5.41) is 19.4. The predicted molar refractivity (Wildman–Crippen MR) is 102 cm³/mol. The van der Waals surface area contributed by atoms with Gasteiger partial charge in [0.05, 0.1) is 17.9 Å². The zero-order valence-electron chi connectivity index (χ0n) is 14.7. The van der Waals surface area contributed by atoms with Crippen molar-refractivity contribution in [2.75, 3.05) is 19.8 Å². The number of rotatable bonds is 6. The van der Waals surface area contributed by atoms with Crippen LogP contribution in [-0.4, -0.2) is 50.5 Å². The van der Waals surface area contributed by atoms with E-state index in [0.717, 1.165) is 5.56 Å². The van der Waals surface area contributed by atoms with Gasteiger partial charge in [0.1, 0.15) is 5.75 Å². The number of para-hydroxylation sites is 1. The number of aromatic hydroxyl groups is 1. The summed E-state index contributed by atoms with van der Waals surface area (Å²) in [5.41, 5.74) is 1.70. The summed E-state index contributed by atoms with van der Waals surface area (Å²) in [6.07, 6.45) is 0. The molecule has 0 atom stereocenters. The minimum atomic E-state index is 0.00775. The third kappa shape index (κ3) is 4.05. The number of carbonyl (C=O) groups excluding carboxylic acids is 1. The zero-order chi connectivity index (χ0) is 18.5. The Hall–Kier alpha value is -2.80. The van der Waals surface area contributed by atoms with Crippen LogP contribution in [0.3, 0.4) is 0 Å². The smallest absolute Gasteiger partial charge is 0.232 e. The van der Waals surface area contributed by atoms with Crippen molar-refractivity contribution in [3.8, 4) is 17.1 Å². The quantitative estimate of drug-likeness (QED) is 0.678. The second-order valence-corrected chi connectivity index (χ2v) is 6.91. The number of carbonyl (C=O) groups is 1. The summed E-state index contributed by atoms with van der Waals surface area (Å²) in [4.78, 5) is 13.5. The predicted octanol–water partition coefficient (Wildman–Crippen LogP) is 2.88. The molecule has 0 radical (unpaired) electrons. The molecule has 0 spiro atoms. The fourth-order valence-corrected chi connectivity index (χ4v) is 3.34. The molecular weight excluding hydrogens is 348 g/mol. The van der Waals surface area contributed by atoms with E-state index in [4.69, 9.17) is 0 Å². The van der Waals surface area contributed by atoms with E-state index in [9.17, 15) is 9.90 Å². The first-order chi connectivity index (χ1) is 12.6. The van der Waals surface area contributed by atoms with Crippen molar-refractivity contribution in [3.63, 3.8) is 0 Å². The maximum absolute atomic E-state index is 11.9. The Morgan fingerprint density at radius 2 is 1.77 bits per heavy atom. The van der Waals surface area contributed by atoms with Crippen molar-refractivity contribution in [1.82, 2.24) is 19.7 Å². The Bertz CT molecular complexity index is 894. The highest BCUT2D eigenvalue weighted by Gasteiger charge is 2.18. The first-order valence-corrected chi connectivity index (χ1v) is 9.13. The lowest BCUT2D eigenvalue weighted by molar-refractivity contribution is -0.125. The molecule has 0 bridgehead atoms. The van der Waals surface area contributed by atoms with Crippen molar-refractivity contribution in [2.45, 2.75) is 11.7 Å². The van der Waals surface area contributed by atoms with Crippen molar-refractivity contribution < 1.29 is 9.90 Å². The van der Waals surface area contributed by atoms with Crippen LogP contribution in [0, 0.1) is 0 Å². The second-order valence-electron chi connectivity index (χ2n) is 5.97. The number of hydrogen-bond donors (Lipinski definition) is 1. The maximum atomic E-state index is 11.9. The molecule has 0 fully saturated rings. The Balaban J connectivity index is 1.97. The van der Waals surface area contributed by atoms with Crippen molar-refractivity contribution >= 4 is 17.7 Å². The van der Waals surface area contributed by atoms with Gasteiger partial charge in [0.15, 0.2) is 11.0 Å². The van der Waals surface area contributed by atoms with Crippen LogP contribution in [0.25, 0.3) is 11.4 Å². The summed E-state index contributed by atoms with van der Waals surface area (Å²) in [5.74, 6) is 1.01. The van der Waals surface area contributed by atoms with E-state index in [1.807, 2.05) is 41.0 Å². The van der Waals surface area contributed by atoms with Gasteiger partial charge < -0.3 is 10.0 Å². The van der Waals surface area contributed by atoms with Crippen LogP contribution in [0.5, 0.6) is 5.75 Å². The number of phenols is 1. The van der Waals surface area contributed by atoms with E-state index in [1.54, 1.807) is 37.2 Å². The highest BCUT2D eigenvalue weighted by atomic mass is 32.2.